The minimum Gasteiger partial charge on any atom is -0.469 e. The monoisotopic (exact) mass is 775 g/mol. The van der Waals surface area contributed by atoms with E-state index in [0.29, 0.717) is 0 Å². The van der Waals surface area contributed by atoms with E-state index < -0.39 is 95.7 Å². The van der Waals surface area contributed by atoms with Gasteiger partial charge in [-0.15, -0.1) is 0 Å². The maximum absolute atomic E-state index is 12.7. The third-order valence-electron chi connectivity index (χ3n) is 6.78. The second-order valence-electron chi connectivity index (χ2n) is 13.4. The molecule has 0 fully saturated rings. The molecular formula is C33H57N7O14. The summed E-state index contributed by atoms with van der Waals surface area (Å²) in [4.78, 5) is 118. The Bertz CT molecular complexity index is 1350. The van der Waals surface area contributed by atoms with E-state index >= 15 is 0 Å². The van der Waals surface area contributed by atoms with Crippen molar-refractivity contribution in [3.8, 4) is 0 Å². The molecule has 0 aliphatic heterocycles. The molecule has 0 rings (SSSR count). The maximum atomic E-state index is 12.7. The van der Waals surface area contributed by atoms with Crippen LogP contribution < -0.4 is 37.6 Å². The summed E-state index contributed by atoms with van der Waals surface area (Å²) in [5.41, 5.74) is 5.00. The summed E-state index contributed by atoms with van der Waals surface area (Å²) in [7, 11) is 2.26. The number of hydrogen-bond acceptors (Lipinski definition) is 15. The van der Waals surface area contributed by atoms with Crippen molar-refractivity contribution in [2.24, 2.45) is 11.7 Å². The van der Waals surface area contributed by atoms with Crippen molar-refractivity contribution in [1.29, 1.82) is 0 Å². The van der Waals surface area contributed by atoms with E-state index in [0.717, 1.165) is 14.2 Å². The molecule has 21 nitrogen and oxygen atoms in total. The molecule has 308 valence electrons. The number of carbonyl (C=O) groups excluding carboxylic acids is 10. The summed E-state index contributed by atoms with van der Waals surface area (Å²) < 4.78 is 8.93. The van der Waals surface area contributed by atoms with Crippen molar-refractivity contribution in [3.05, 3.63) is 0 Å². The van der Waals surface area contributed by atoms with Crippen molar-refractivity contribution >= 4 is 58.9 Å². The molecular weight excluding hydrogens is 718 g/mol. The Kier molecular flexibility index (Phi) is 23.7. The first-order chi connectivity index (χ1) is 24.8. The van der Waals surface area contributed by atoms with Crippen molar-refractivity contribution in [2.45, 2.75) is 117 Å². The van der Waals surface area contributed by atoms with Crippen LogP contribution in [0.1, 0.15) is 74.7 Å². The molecule has 7 atom stereocenters. The van der Waals surface area contributed by atoms with Crippen LogP contribution in [-0.2, 0) is 57.4 Å². The van der Waals surface area contributed by atoms with Gasteiger partial charge in [0.05, 0.1) is 58.4 Å². The molecule has 0 radical (unpaired) electrons. The molecule has 54 heavy (non-hydrogen) atoms. The molecule has 0 aliphatic rings. The van der Waals surface area contributed by atoms with Crippen LogP contribution in [0.15, 0.2) is 0 Å². The highest BCUT2D eigenvalue weighted by Crippen LogP contribution is 2.08. The number of esters is 2. The zero-order valence-corrected chi connectivity index (χ0v) is 32.4. The first-order valence-corrected chi connectivity index (χ1v) is 16.8. The average Bonchev–Trinajstić information content (AvgIpc) is 3.05. The number of aliphatic hydroxyl groups excluding tert-OH is 2. The molecule has 0 aromatic carbocycles. The molecule has 0 aromatic rings. The van der Waals surface area contributed by atoms with Crippen LogP contribution in [0.3, 0.4) is 0 Å². The lowest BCUT2D eigenvalue weighted by Crippen LogP contribution is -2.58. The number of hydrogen-bond donors (Lipinski definition) is 9. The number of ketones is 2. The van der Waals surface area contributed by atoms with Gasteiger partial charge in [-0.3, -0.25) is 47.9 Å². The van der Waals surface area contributed by atoms with Gasteiger partial charge in [0, 0.05) is 17.9 Å². The highest BCUT2D eigenvalue weighted by molar-refractivity contribution is 5.96. The quantitative estimate of drug-likeness (QED) is 0.0532. The summed E-state index contributed by atoms with van der Waals surface area (Å²) >= 11 is 0. The Hall–Kier alpha value is -5.02. The van der Waals surface area contributed by atoms with Crippen molar-refractivity contribution in [1.82, 2.24) is 31.9 Å². The number of aliphatic hydroxyl groups is 2. The number of ether oxygens (including phenoxy) is 2. The van der Waals surface area contributed by atoms with Gasteiger partial charge in [-0.2, -0.15) is 0 Å². The normalized spacial score (nSPS) is 14.6. The Morgan fingerprint density at radius 2 is 1.02 bits per heavy atom. The van der Waals surface area contributed by atoms with Crippen LogP contribution in [0.4, 0.5) is 0 Å². The lowest BCUT2D eigenvalue weighted by molar-refractivity contribution is -0.144. The van der Waals surface area contributed by atoms with Gasteiger partial charge >= 0.3 is 11.9 Å². The Labute approximate surface area is 313 Å². The van der Waals surface area contributed by atoms with Crippen molar-refractivity contribution in [3.63, 3.8) is 0 Å². The summed E-state index contributed by atoms with van der Waals surface area (Å²) in [6.45, 7) is 11.4. The topological polar surface area (TPSA) is 328 Å². The second-order valence-corrected chi connectivity index (χ2v) is 13.4. The molecule has 0 bridgehead atoms. The number of nitrogens with one attached hydrogen (secondary N) is 6. The molecule has 0 saturated carbocycles. The SMILES string of the molecule is COC(=O)CC(N)C(=O)NC(C(=O)NCC(C)=O)C(C)O.COC(=O)CC(NC(=O)C(C)CC(=O)NC(C)(C)C)C(=O)NC(C(=O)NCC(C)=O)C(C)O. The molecule has 7 unspecified atom stereocenters. The third kappa shape index (κ3) is 22.8. The number of amides is 6. The van der Waals surface area contributed by atoms with Crippen LogP contribution in [0.25, 0.3) is 0 Å². The number of rotatable bonds is 20. The van der Waals surface area contributed by atoms with Gasteiger partial charge in [-0.05, 0) is 48.5 Å². The van der Waals surface area contributed by atoms with Crippen LogP contribution in [0, 0.1) is 5.92 Å². The fraction of sp³-hybridized carbons (Fsp3) is 0.697. The van der Waals surface area contributed by atoms with Gasteiger partial charge in [0.1, 0.15) is 29.7 Å². The van der Waals surface area contributed by atoms with Gasteiger partial charge in [-0.1, -0.05) is 6.92 Å². The zero-order chi connectivity index (χ0) is 42.5. The van der Waals surface area contributed by atoms with Gasteiger partial charge < -0.3 is 57.3 Å². The minimum atomic E-state index is -1.44. The zero-order valence-electron chi connectivity index (χ0n) is 32.4. The van der Waals surface area contributed by atoms with Crippen molar-refractivity contribution in [2.75, 3.05) is 27.3 Å². The van der Waals surface area contributed by atoms with Crippen LogP contribution in [0.2, 0.25) is 0 Å². The number of carbonyl (C=O) groups is 10. The van der Waals surface area contributed by atoms with Gasteiger partial charge in [0.2, 0.25) is 35.4 Å². The smallest absolute Gasteiger partial charge is 0.308 e. The lowest BCUT2D eigenvalue weighted by atomic mass is 10.0. The Balaban J connectivity index is 0. The Morgan fingerprint density at radius 1 is 0.611 bits per heavy atom. The first kappa shape index (κ1) is 51.1. The average molecular weight is 776 g/mol. The molecule has 6 amide bonds. The third-order valence-corrected chi connectivity index (χ3v) is 6.78. The molecule has 0 saturated heterocycles. The highest BCUT2D eigenvalue weighted by Gasteiger charge is 2.33. The van der Waals surface area contributed by atoms with E-state index in [-0.39, 0.29) is 43.4 Å². The van der Waals surface area contributed by atoms with Crippen LogP contribution >= 0.6 is 0 Å². The molecule has 21 heteroatoms. The van der Waals surface area contributed by atoms with E-state index in [2.05, 4.69) is 41.4 Å². The van der Waals surface area contributed by atoms with Gasteiger partial charge in [0.15, 0.2) is 0 Å². The number of nitrogens with two attached hydrogens (primary N) is 1. The summed E-state index contributed by atoms with van der Waals surface area (Å²) in [6, 6.07) is -5.36. The molecule has 0 aromatic heterocycles. The standard InChI is InChI=1S/C21H36N4O8.C12H21N3O6/c1-11(8-15(28)25-21(4,5)6)18(30)23-14(9-16(29)33-7)19(31)24-17(13(3)27)20(32)22-10-12(2)26;1-6(16)5-14-12(20)10(7(2)17)15-11(19)8(13)4-9(18)21-3/h11,13-14,17,27H,8-10H2,1-7H3,(H,22,32)(H,23,30)(H,24,31)(H,25,28);7-8,10,17H,4-5,13H2,1-3H3,(H,14,20)(H,15,19). The summed E-state index contributed by atoms with van der Waals surface area (Å²) in [5.74, 6) is -7.20. The van der Waals surface area contributed by atoms with Crippen LogP contribution in [0.5, 0.6) is 0 Å². The second kappa shape index (κ2) is 25.1. The van der Waals surface area contributed by atoms with Crippen LogP contribution in [-0.4, -0.2) is 138 Å². The van der Waals surface area contributed by atoms with E-state index in [1.807, 2.05) is 0 Å². The largest absolute Gasteiger partial charge is 0.469 e. The van der Waals surface area contributed by atoms with E-state index in [1.54, 1.807) is 20.8 Å². The first-order valence-electron chi connectivity index (χ1n) is 16.8. The summed E-state index contributed by atoms with van der Waals surface area (Å²) in [5, 5.41) is 33.5. The molecule has 0 heterocycles. The molecule has 10 N–H and O–H groups in total. The predicted molar refractivity (Wildman–Crippen MR) is 189 cm³/mol. The number of methoxy groups -OCH3 is 2. The lowest BCUT2D eigenvalue weighted by Gasteiger charge is -2.25. The van der Waals surface area contributed by atoms with Gasteiger partial charge in [0.25, 0.3) is 0 Å². The minimum absolute atomic E-state index is 0.153. The van der Waals surface area contributed by atoms with E-state index in [1.165, 1.54) is 34.6 Å². The van der Waals surface area contributed by atoms with Crippen molar-refractivity contribution < 1.29 is 67.6 Å². The van der Waals surface area contributed by atoms with E-state index in [9.17, 15) is 58.2 Å². The maximum Gasteiger partial charge on any atom is 0.308 e. The fourth-order valence-corrected chi connectivity index (χ4v) is 3.94. The highest BCUT2D eigenvalue weighted by atomic mass is 16.5. The fourth-order valence-electron chi connectivity index (χ4n) is 3.94. The van der Waals surface area contributed by atoms with Gasteiger partial charge in [-0.25, -0.2) is 0 Å². The summed E-state index contributed by atoms with van der Waals surface area (Å²) in [6.07, 6.45) is -3.60. The predicted octanol–water partition coefficient (Wildman–Crippen LogP) is -4.01. The molecule has 0 aliphatic carbocycles. The number of Topliss-reactive ketones (excluding diaryl/α,β-unsaturated/α-hetero) is 2. The molecule has 0 spiro atoms. The van der Waals surface area contributed by atoms with E-state index in [4.69, 9.17) is 5.73 Å². The Morgan fingerprint density at radius 3 is 1.39 bits per heavy atom.